The average molecular weight is 418 g/mol. The van der Waals surface area contributed by atoms with E-state index >= 15 is 4.39 Å². The second-order valence-corrected chi connectivity index (χ2v) is 8.20. The van der Waals surface area contributed by atoms with Gasteiger partial charge in [0.1, 0.15) is 11.6 Å². The van der Waals surface area contributed by atoms with Crippen molar-refractivity contribution in [1.29, 1.82) is 0 Å². The first-order chi connectivity index (χ1) is 15.1. The molecule has 1 saturated heterocycles. The number of nitrogens with zero attached hydrogens (tertiary/aromatic N) is 3. The van der Waals surface area contributed by atoms with Gasteiger partial charge in [0.2, 0.25) is 0 Å². The molecule has 0 aliphatic carbocycles. The van der Waals surface area contributed by atoms with E-state index in [4.69, 9.17) is 0 Å². The molecule has 1 N–H and O–H groups in total. The van der Waals surface area contributed by atoms with E-state index in [1.54, 1.807) is 18.3 Å². The largest absolute Gasteiger partial charge is 0.304 e. The molecule has 0 amide bonds. The molecule has 1 aromatic heterocycles. The molecule has 1 atom stereocenters. The number of benzene rings is 3. The lowest BCUT2D eigenvalue weighted by atomic mass is 9.92. The molecule has 4 nitrogen and oxygen atoms in total. The van der Waals surface area contributed by atoms with Crippen LogP contribution >= 0.6 is 0 Å². The average Bonchev–Trinajstić information content (AvgIpc) is 3.26. The van der Waals surface area contributed by atoms with Crippen molar-refractivity contribution in [2.24, 2.45) is 0 Å². The summed E-state index contributed by atoms with van der Waals surface area (Å²) < 4.78 is 28.8. The zero-order valence-corrected chi connectivity index (χ0v) is 17.4. The molecule has 0 bridgehead atoms. The fourth-order valence-electron chi connectivity index (χ4n) is 4.37. The molecule has 1 aliphatic rings. The third-order valence-electron chi connectivity index (χ3n) is 6.15. The second-order valence-electron chi connectivity index (χ2n) is 8.20. The number of H-pyrrole nitrogens is 1. The first kappa shape index (κ1) is 19.8. The molecule has 1 unspecified atom stereocenters. The molecule has 2 heterocycles. The van der Waals surface area contributed by atoms with Crippen LogP contribution in [-0.4, -0.2) is 53.2 Å². The molecule has 31 heavy (non-hydrogen) atoms. The molecule has 0 spiro atoms. The number of hydrogen-bond donors (Lipinski definition) is 1. The van der Waals surface area contributed by atoms with Crippen LogP contribution in [0.5, 0.6) is 0 Å². The standard InChI is InChI=1S/C25H24F2N4/c1-30-10-12-31(13-11-30)25(17-2-6-21(26)7-3-17)22-15-19(4-8-23(22)27)18-5-9-24-20(14-18)16-28-29-24/h2-9,14-16,25H,10-13H2,1H3,(H,28,29). The Hall–Kier alpha value is -3.09. The Bertz CT molecular complexity index is 1190. The number of fused-ring (bicyclic) bond motifs is 1. The second kappa shape index (κ2) is 8.21. The highest BCUT2D eigenvalue weighted by atomic mass is 19.1. The van der Waals surface area contributed by atoms with E-state index in [-0.39, 0.29) is 17.7 Å². The maximum Gasteiger partial charge on any atom is 0.128 e. The van der Waals surface area contributed by atoms with Gasteiger partial charge in [-0.15, -0.1) is 0 Å². The van der Waals surface area contributed by atoms with Crippen molar-refractivity contribution in [2.75, 3.05) is 33.2 Å². The summed E-state index contributed by atoms with van der Waals surface area (Å²) in [5.74, 6) is -0.537. The SMILES string of the molecule is CN1CCN(C(c2ccc(F)cc2)c2cc(-c3ccc4[nH]ncc4c3)ccc2F)CC1. The van der Waals surface area contributed by atoms with Crippen LogP contribution in [0.4, 0.5) is 8.78 Å². The summed E-state index contributed by atoms with van der Waals surface area (Å²) in [5, 5.41) is 8.05. The van der Waals surface area contributed by atoms with Crippen molar-refractivity contribution in [3.05, 3.63) is 89.6 Å². The zero-order valence-electron chi connectivity index (χ0n) is 17.4. The van der Waals surface area contributed by atoms with Crippen LogP contribution in [0.2, 0.25) is 0 Å². The summed E-state index contributed by atoms with van der Waals surface area (Å²) in [4.78, 5) is 4.56. The molecule has 1 fully saturated rings. The molecule has 158 valence electrons. The van der Waals surface area contributed by atoms with E-state index < -0.39 is 0 Å². The first-order valence-electron chi connectivity index (χ1n) is 10.5. The van der Waals surface area contributed by atoms with Crippen LogP contribution < -0.4 is 0 Å². The molecule has 0 saturated carbocycles. The van der Waals surface area contributed by atoms with Gasteiger partial charge in [-0.1, -0.05) is 24.3 Å². The van der Waals surface area contributed by atoms with E-state index in [2.05, 4.69) is 33.1 Å². The summed E-state index contributed by atoms with van der Waals surface area (Å²) in [6, 6.07) is 17.5. The highest BCUT2D eigenvalue weighted by molar-refractivity contribution is 5.84. The number of halogens is 2. The summed E-state index contributed by atoms with van der Waals surface area (Å²) in [5.41, 5.74) is 4.42. The van der Waals surface area contributed by atoms with Gasteiger partial charge in [-0.3, -0.25) is 10.00 Å². The van der Waals surface area contributed by atoms with E-state index in [0.29, 0.717) is 5.56 Å². The monoisotopic (exact) mass is 418 g/mol. The first-order valence-corrected chi connectivity index (χ1v) is 10.5. The van der Waals surface area contributed by atoms with Gasteiger partial charge in [0.15, 0.2) is 0 Å². The van der Waals surface area contributed by atoms with Crippen LogP contribution in [0.3, 0.4) is 0 Å². The van der Waals surface area contributed by atoms with Crippen molar-refractivity contribution < 1.29 is 8.78 Å². The van der Waals surface area contributed by atoms with Crippen LogP contribution in [0.1, 0.15) is 17.2 Å². The maximum atomic E-state index is 15.2. The number of hydrogen-bond acceptors (Lipinski definition) is 3. The Morgan fingerprint density at radius 2 is 1.58 bits per heavy atom. The summed E-state index contributed by atoms with van der Waals surface area (Å²) in [6.07, 6.45) is 1.79. The Kier molecular flexibility index (Phi) is 5.26. The fourth-order valence-corrected chi connectivity index (χ4v) is 4.37. The Balaban J connectivity index is 1.59. The minimum absolute atomic E-state index is 0.249. The van der Waals surface area contributed by atoms with Crippen LogP contribution in [-0.2, 0) is 0 Å². The number of aromatic amines is 1. The molecule has 0 radical (unpaired) electrons. The van der Waals surface area contributed by atoms with Crippen molar-refractivity contribution in [1.82, 2.24) is 20.0 Å². The van der Waals surface area contributed by atoms with Crippen LogP contribution in [0, 0.1) is 11.6 Å². The fraction of sp³-hybridized carbons (Fsp3) is 0.240. The number of aromatic nitrogens is 2. The van der Waals surface area contributed by atoms with E-state index in [9.17, 15) is 4.39 Å². The Morgan fingerprint density at radius 1 is 0.871 bits per heavy atom. The Labute approximate surface area is 180 Å². The third-order valence-corrected chi connectivity index (χ3v) is 6.15. The number of piperazine rings is 1. The predicted molar refractivity (Wildman–Crippen MR) is 119 cm³/mol. The smallest absolute Gasteiger partial charge is 0.128 e. The Morgan fingerprint density at radius 3 is 2.35 bits per heavy atom. The highest BCUT2D eigenvalue weighted by Crippen LogP contribution is 2.34. The minimum atomic E-state index is -0.288. The topological polar surface area (TPSA) is 35.2 Å². The van der Waals surface area contributed by atoms with Crippen LogP contribution in [0.15, 0.2) is 66.9 Å². The van der Waals surface area contributed by atoms with E-state index in [0.717, 1.165) is 53.8 Å². The quantitative estimate of drug-likeness (QED) is 0.515. The lowest BCUT2D eigenvalue weighted by molar-refractivity contribution is 0.125. The normalized spacial score (nSPS) is 16.6. The third kappa shape index (κ3) is 3.96. The van der Waals surface area contributed by atoms with Gasteiger partial charge in [-0.25, -0.2) is 8.78 Å². The van der Waals surface area contributed by atoms with Gasteiger partial charge in [-0.2, -0.15) is 5.10 Å². The number of likely N-dealkylation sites (N-methyl/N-ethyl adjacent to an activating group) is 1. The highest BCUT2D eigenvalue weighted by Gasteiger charge is 2.28. The van der Waals surface area contributed by atoms with Gasteiger partial charge in [0, 0.05) is 37.1 Å². The summed E-state index contributed by atoms with van der Waals surface area (Å²) in [7, 11) is 2.09. The van der Waals surface area contributed by atoms with Gasteiger partial charge in [0.25, 0.3) is 0 Å². The molecule has 3 aromatic carbocycles. The molecule has 6 heteroatoms. The molecular weight excluding hydrogens is 394 g/mol. The molecule has 5 rings (SSSR count). The van der Waals surface area contributed by atoms with Gasteiger partial charge >= 0.3 is 0 Å². The zero-order chi connectivity index (χ0) is 21.4. The van der Waals surface area contributed by atoms with Gasteiger partial charge < -0.3 is 4.90 Å². The number of rotatable bonds is 4. The van der Waals surface area contributed by atoms with Crippen molar-refractivity contribution in [3.8, 4) is 11.1 Å². The number of nitrogens with one attached hydrogen (secondary N) is 1. The van der Waals surface area contributed by atoms with E-state index in [1.807, 2.05) is 24.3 Å². The van der Waals surface area contributed by atoms with E-state index in [1.165, 1.54) is 18.2 Å². The lowest BCUT2D eigenvalue weighted by Crippen LogP contribution is -2.46. The van der Waals surface area contributed by atoms with Gasteiger partial charge in [-0.05, 0) is 60.1 Å². The minimum Gasteiger partial charge on any atom is -0.304 e. The van der Waals surface area contributed by atoms with Crippen molar-refractivity contribution >= 4 is 10.9 Å². The van der Waals surface area contributed by atoms with Crippen molar-refractivity contribution in [2.45, 2.75) is 6.04 Å². The van der Waals surface area contributed by atoms with Gasteiger partial charge in [0.05, 0.1) is 17.8 Å². The predicted octanol–water partition coefficient (Wildman–Crippen LogP) is 4.84. The summed E-state index contributed by atoms with van der Waals surface area (Å²) in [6.45, 7) is 3.47. The maximum absolute atomic E-state index is 15.2. The molecule has 1 aliphatic heterocycles. The molecule has 4 aromatic rings. The van der Waals surface area contributed by atoms with Crippen LogP contribution in [0.25, 0.3) is 22.0 Å². The summed E-state index contributed by atoms with van der Waals surface area (Å²) >= 11 is 0. The molecular formula is C25H24F2N4. The van der Waals surface area contributed by atoms with Crippen molar-refractivity contribution in [3.63, 3.8) is 0 Å². The lowest BCUT2D eigenvalue weighted by Gasteiger charge is -2.38.